The zero-order valence-corrected chi connectivity index (χ0v) is 9.53. The van der Waals surface area contributed by atoms with Gasteiger partial charge in [0.1, 0.15) is 17.3 Å². The zero-order chi connectivity index (χ0) is 11.2. The van der Waals surface area contributed by atoms with Crippen molar-refractivity contribution in [1.29, 1.82) is 0 Å². The molecule has 2 heterocycles. The van der Waals surface area contributed by atoms with Gasteiger partial charge in [0.25, 0.3) is 0 Å². The van der Waals surface area contributed by atoms with E-state index in [0.717, 1.165) is 43.2 Å². The molecule has 2 aromatic rings. The molecule has 0 spiro atoms. The predicted molar refractivity (Wildman–Crippen MR) is 62.2 cm³/mol. The molecule has 1 N–H and O–H groups in total. The number of nitrogens with one attached hydrogen (secondary N) is 1. The van der Waals surface area contributed by atoms with Crippen LogP contribution in [0.15, 0.2) is 39.4 Å². The molecule has 0 aromatic carbocycles. The summed E-state index contributed by atoms with van der Waals surface area (Å²) in [4.78, 5) is 0. The Balaban J connectivity index is 1.68. The Morgan fingerprint density at radius 2 is 2.00 bits per heavy atom. The van der Waals surface area contributed by atoms with Gasteiger partial charge in [0.15, 0.2) is 0 Å². The van der Waals surface area contributed by atoms with Crippen molar-refractivity contribution in [3.63, 3.8) is 0 Å². The summed E-state index contributed by atoms with van der Waals surface area (Å²) >= 11 is 0. The number of aryl methyl sites for hydroxylation is 1. The summed E-state index contributed by atoms with van der Waals surface area (Å²) in [5.74, 6) is 3.06. The van der Waals surface area contributed by atoms with Crippen molar-refractivity contribution in [2.24, 2.45) is 0 Å². The van der Waals surface area contributed by atoms with Crippen molar-refractivity contribution in [1.82, 2.24) is 5.32 Å². The first-order chi connectivity index (χ1) is 7.88. The minimum absolute atomic E-state index is 0.778. The standard InChI is InChI=1S/C13H17NO2/c1-2-11-5-6-13(16-11)10-14-8-7-12-4-3-9-15-12/h3-6,9,14H,2,7-8,10H2,1H3. The van der Waals surface area contributed by atoms with Crippen LogP contribution in [0.25, 0.3) is 0 Å². The highest BCUT2D eigenvalue weighted by Crippen LogP contribution is 2.07. The van der Waals surface area contributed by atoms with Crippen molar-refractivity contribution >= 4 is 0 Å². The van der Waals surface area contributed by atoms with Crippen LogP contribution in [0.5, 0.6) is 0 Å². The minimum Gasteiger partial charge on any atom is -0.469 e. The summed E-state index contributed by atoms with van der Waals surface area (Å²) in [6.45, 7) is 3.77. The van der Waals surface area contributed by atoms with Gasteiger partial charge in [-0.2, -0.15) is 0 Å². The second-order valence-electron chi connectivity index (χ2n) is 3.73. The third-order valence-corrected chi connectivity index (χ3v) is 2.49. The number of furan rings is 2. The molecule has 0 atom stereocenters. The molecule has 86 valence electrons. The Labute approximate surface area is 95.5 Å². The van der Waals surface area contributed by atoms with Gasteiger partial charge in [-0.3, -0.25) is 0 Å². The van der Waals surface area contributed by atoms with E-state index in [1.807, 2.05) is 24.3 Å². The van der Waals surface area contributed by atoms with E-state index in [-0.39, 0.29) is 0 Å². The topological polar surface area (TPSA) is 38.3 Å². The maximum absolute atomic E-state index is 5.58. The van der Waals surface area contributed by atoms with E-state index in [0.29, 0.717) is 0 Å². The maximum Gasteiger partial charge on any atom is 0.117 e. The van der Waals surface area contributed by atoms with Gasteiger partial charge >= 0.3 is 0 Å². The van der Waals surface area contributed by atoms with Gasteiger partial charge in [0.2, 0.25) is 0 Å². The highest BCUT2D eigenvalue weighted by atomic mass is 16.3. The molecule has 3 nitrogen and oxygen atoms in total. The summed E-state index contributed by atoms with van der Waals surface area (Å²) < 4.78 is 10.8. The Bertz CT molecular complexity index is 403. The van der Waals surface area contributed by atoms with Crippen molar-refractivity contribution in [2.45, 2.75) is 26.3 Å². The van der Waals surface area contributed by atoms with Crippen LogP contribution in [0.2, 0.25) is 0 Å². The average Bonchev–Trinajstić information content (AvgIpc) is 2.95. The van der Waals surface area contributed by atoms with E-state index in [2.05, 4.69) is 12.2 Å². The highest BCUT2D eigenvalue weighted by molar-refractivity contribution is 5.06. The van der Waals surface area contributed by atoms with Crippen molar-refractivity contribution < 1.29 is 8.83 Å². The second kappa shape index (κ2) is 5.56. The summed E-state index contributed by atoms with van der Waals surface area (Å²) in [5.41, 5.74) is 0. The molecular weight excluding hydrogens is 202 g/mol. The fourth-order valence-electron chi connectivity index (χ4n) is 1.59. The lowest BCUT2D eigenvalue weighted by atomic mass is 10.3. The normalized spacial score (nSPS) is 10.8. The van der Waals surface area contributed by atoms with E-state index in [1.54, 1.807) is 6.26 Å². The third-order valence-electron chi connectivity index (χ3n) is 2.49. The lowest BCUT2D eigenvalue weighted by molar-refractivity contribution is 0.445. The van der Waals surface area contributed by atoms with Crippen molar-refractivity contribution in [3.05, 3.63) is 47.8 Å². The quantitative estimate of drug-likeness (QED) is 0.759. The largest absolute Gasteiger partial charge is 0.469 e. The molecule has 0 radical (unpaired) electrons. The first kappa shape index (κ1) is 11.0. The zero-order valence-electron chi connectivity index (χ0n) is 9.53. The van der Waals surface area contributed by atoms with Gasteiger partial charge in [-0.25, -0.2) is 0 Å². The molecule has 2 rings (SSSR count). The fourth-order valence-corrected chi connectivity index (χ4v) is 1.59. The lowest BCUT2D eigenvalue weighted by Gasteiger charge is -2.00. The fraction of sp³-hybridized carbons (Fsp3) is 0.385. The van der Waals surface area contributed by atoms with Crippen LogP contribution in [0.4, 0.5) is 0 Å². The van der Waals surface area contributed by atoms with Crippen LogP contribution in [0, 0.1) is 0 Å². The van der Waals surface area contributed by atoms with Gasteiger partial charge in [0.05, 0.1) is 12.8 Å². The summed E-state index contributed by atoms with van der Waals surface area (Å²) in [6.07, 6.45) is 3.57. The van der Waals surface area contributed by atoms with E-state index >= 15 is 0 Å². The van der Waals surface area contributed by atoms with Crippen molar-refractivity contribution in [2.75, 3.05) is 6.54 Å². The smallest absolute Gasteiger partial charge is 0.117 e. The molecule has 0 saturated carbocycles. The second-order valence-corrected chi connectivity index (χ2v) is 3.73. The number of rotatable bonds is 6. The van der Waals surface area contributed by atoms with Crippen LogP contribution < -0.4 is 5.32 Å². The Kier molecular flexibility index (Phi) is 3.83. The molecule has 0 aliphatic carbocycles. The average molecular weight is 219 g/mol. The van der Waals surface area contributed by atoms with E-state index < -0.39 is 0 Å². The van der Waals surface area contributed by atoms with Gasteiger partial charge in [-0.15, -0.1) is 0 Å². The summed E-state index contributed by atoms with van der Waals surface area (Å²) in [6, 6.07) is 7.96. The van der Waals surface area contributed by atoms with Gasteiger partial charge in [0, 0.05) is 19.4 Å². The molecule has 0 aliphatic rings. The molecule has 16 heavy (non-hydrogen) atoms. The van der Waals surface area contributed by atoms with Crippen LogP contribution in [-0.2, 0) is 19.4 Å². The lowest BCUT2D eigenvalue weighted by Crippen LogP contribution is -2.15. The molecule has 0 unspecified atom stereocenters. The molecule has 0 fully saturated rings. The predicted octanol–water partition coefficient (Wildman–Crippen LogP) is 2.77. The molecule has 2 aromatic heterocycles. The first-order valence-electron chi connectivity index (χ1n) is 5.69. The minimum atomic E-state index is 0.778. The molecule has 0 saturated heterocycles. The Hall–Kier alpha value is -1.48. The molecule has 0 aliphatic heterocycles. The monoisotopic (exact) mass is 219 g/mol. The van der Waals surface area contributed by atoms with Crippen LogP contribution >= 0.6 is 0 Å². The maximum atomic E-state index is 5.58. The summed E-state index contributed by atoms with van der Waals surface area (Å²) in [7, 11) is 0. The Morgan fingerprint density at radius 3 is 2.69 bits per heavy atom. The highest BCUT2D eigenvalue weighted by Gasteiger charge is 2.00. The molecule has 0 bridgehead atoms. The van der Waals surface area contributed by atoms with E-state index in [9.17, 15) is 0 Å². The number of hydrogen-bond acceptors (Lipinski definition) is 3. The van der Waals surface area contributed by atoms with Gasteiger partial charge < -0.3 is 14.2 Å². The van der Waals surface area contributed by atoms with Crippen LogP contribution in [0.3, 0.4) is 0 Å². The molecule has 0 amide bonds. The van der Waals surface area contributed by atoms with E-state index in [1.165, 1.54) is 0 Å². The van der Waals surface area contributed by atoms with Crippen LogP contribution in [0.1, 0.15) is 24.2 Å². The SMILES string of the molecule is CCc1ccc(CNCCc2ccco2)o1. The molecule has 3 heteroatoms. The first-order valence-corrected chi connectivity index (χ1v) is 5.69. The van der Waals surface area contributed by atoms with Crippen molar-refractivity contribution in [3.8, 4) is 0 Å². The van der Waals surface area contributed by atoms with E-state index in [4.69, 9.17) is 8.83 Å². The summed E-state index contributed by atoms with van der Waals surface area (Å²) in [5, 5.41) is 3.32. The Morgan fingerprint density at radius 1 is 1.12 bits per heavy atom. The molecular formula is C13H17NO2. The van der Waals surface area contributed by atoms with Crippen LogP contribution in [-0.4, -0.2) is 6.54 Å². The third kappa shape index (κ3) is 3.00. The van der Waals surface area contributed by atoms with Gasteiger partial charge in [-0.05, 0) is 24.3 Å². The number of hydrogen-bond donors (Lipinski definition) is 1. The van der Waals surface area contributed by atoms with Gasteiger partial charge in [-0.1, -0.05) is 6.92 Å².